The van der Waals surface area contributed by atoms with E-state index in [2.05, 4.69) is 15.3 Å². The maximum Gasteiger partial charge on any atom is 0.248 e. The summed E-state index contributed by atoms with van der Waals surface area (Å²) in [5.41, 5.74) is 2.00. The number of pyridine rings is 1. The van der Waals surface area contributed by atoms with Crippen LogP contribution in [-0.4, -0.2) is 23.0 Å². The molecule has 0 aliphatic rings. The van der Waals surface area contributed by atoms with Crippen LogP contribution in [0.25, 0.3) is 28.8 Å². The van der Waals surface area contributed by atoms with Gasteiger partial charge in [0.25, 0.3) is 0 Å². The van der Waals surface area contributed by atoms with Gasteiger partial charge >= 0.3 is 0 Å². The van der Waals surface area contributed by atoms with E-state index in [0.29, 0.717) is 44.9 Å². The quantitative estimate of drug-likeness (QED) is 0.488. The number of nitrogens with zero attached hydrogens (tertiary/aromatic N) is 2. The van der Waals surface area contributed by atoms with Crippen molar-refractivity contribution in [1.82, 2.24) is 9.97 Å². The van der Waals surface area contributed by atoms with Gasteiger partial charge in [0.2, 0.25) is 11.8 Å². The van der Waals surface area contributed by atoms with Crippen molar-refractivity contribution in [2.24, 2.45) is 0 Å². The third-order valence-electron chi connectivity index (χ3n) is 3.86. The largest absolute Gasteiger partial charge is 0.493 e. The lowest BCUT2D eigenvalue weighted by Gasteiger charge is -2.12. The molecule has 0 bridgehead atoms. The molecule has 0 aliphatic carbocycles. The number of furan rings is 1. The van der Waals surface area contributed by atoms with Crippen LogP contribution in [0.5, 0.6) is 5.75 Å². The van der Waals surface area contributed by atoms with E-state index in [0.717, 1.165) is 0 Å². The number of aromatic nitrogens is 2. The van der Waals surface area contributed by atoms with Crippen LogP contribution in [0.1, 0.15) is 5.76 Å². The Labute approximate surface area is 164 Å². The fraction of sp³-hybridized carbons (Fsp3) is 0.0500. The van der Waals surface area contributed by atoms with Crippen molar-refractivity contribution in [2.45, 2.75) is 0 Å². The zero-order chi connectivity index (χ0) is 19.5. The summed E-state index contributed by atoms with van der Waals surface area (Å²) in [6, 6.07) is 10.3. The van der Waals surface area contributed by atoms with Gasteiger partial charge in [0, 0.05) is 17.8 Å². The van der Waals surface area contributed by atoms with E-state index in [4.69, 9.17) is 25.2 Å². The number of halogens is 1. The molecule has 1 aromatic carbocycles. The Morgan fingerprint density at radius 1 is 1.29 bits per heavy atom. The van der Waals surface area contributed by atoms with Crippen molar-refractivity contribution in [3.8, 4) is 17.2 Å². The van der Waals surface area contributed by atoms with Crippen LogP contribution in [-0.2, 0) is 4.79 Å². The first kappa shape index (κ1) is 17.8. The van der Waals surface area contributed by atoms with Crippen molar-refractivity contribution in [3.05, 3.63) is 65.7 Å². The van der Waals surface area contributed by atoms with Crippen molar-refractivity contribution >= 4 is 40.5 Å². The predicted molar refractivity (Wildman–Crippen MR) is 105 cm³/mol. The summed E-state index contributed by atoms with van der Waals surface area (Å²) in [6.45, 7) is 0. The molecule has 0 spiro atoms. The average Bonchev–Trinajstić information content (AvgIpc) is 3.35. The Hall–Kier alpha value is -3.58. The number of nitrogens with one attached hydrogen (secondary N) is 1. The number of carbonyl (C=O) groups excluding carboxylic acids is 1. The molecule has 0 saturated carbocycles. The molecule has 140 valence electrons. The number of ether oxygens (including phenoxy) is 1. The minimum Gasteiger partial charge on any atom is -0.493 e. The Bertz CT molecular complexity index is 1130. The highest BCUT2D eigenvalue weighted by Crippen LogP contribution is 2.38. The maximum atomic E-state index is 12.3. The topological polar surface area (TPSA) is 90.4 Å². The zero-order valence-electron chi connectivity index (χ0n) is 14.7. The Morgan fingerprint density at radius 3 is 2.93 bits per heavy atom. The van der Waals surface area contributed by atoms with Crippen LogP contribution in [0.2, 0.25) is 5.02 Å². The van der Waals surface area contributed by atoms with Crippen LogP contribution >= 0.6 is 11.6 Å². The van der Waals surface area contributed by atoms with Crippen LogP contribution in [0.3, 0.4) is 0 Å². The van der Waals surface area contributed by atoms with Crippen molar-refractivity contribution in [1.29, 1.82) is 0 Å². The third kappa shape index (κ3) is 3.60. The highest BCUT2D eigenvalue weighted by molar-refractivity contribution is 6.33. The molecule has 0 aliphatic heterocycles. The van der Waals surface area contributed by atoms with Crippen LogP contribution < -0.4 is 10.1 Å². The van der Waals surface area contributed by atoms with Crippen molar-refractivity contribution in [3.63, 3.8) is 0 Å². The summed E-state index contributed by atoms with van der Waals surface area (Å²) in [6.07, 6.45) is 6.06. The molecule has 3 aromatic heterocycles. The van der Waals surface area contributed by atoms with Gasteiger partial charge < -0.3 is 18.9 Å². The zero-order valence-corrected chi connectivity index (χ0v) is 15.4. The number of benzene rings is 1. The molecule has 4 rings (SSSR count). The number of hydrogen-bond acceptors (Lipinski definition) is 6. The molecule has 4 aromatic rings. The molecule has 0 atom stereocenters. The normalized spacial score (nSPS) is 11.2. The smallest absolute Gasteiger partial charge is 0.248 e. The standard InChI is InChI=1S/C20H14ClN3O4/c1-26-18-14(21)10-12(20-24-19-16(28-20)5-2-8-22-19)11-15(18)23-17(25)7-6-13-4-3-9-27-13/h2-11H,1H3,(H,23,25)/b7-6+. The van der Waals surface area contributed by atoms with E-state index in [1.165, 1.54) is 19.4 Å². The van der Waals surface area contributed by atoms with Crippen molar-refractivity contribution < 1.29 is 18.4 Å². The summed E-state index contributed by atoms with van der Waals surface area (Å²) in [7, 11) is 1.47. The fourth-order valence-corrected chi connectivity index (χ4v) is 2.92. The lowest BCUT2D eigenvalue weighted by molar-refractivity contribution is -0.111. The summed E-state index contributed by atoms with van der Waals surface area (Å²) < 4.78 is 16.2. The average molecular weight is 396 g/mol. The number of fused-ring (bicyclic) bond motifs is 1. The molecule has 0 radical (unpaired) electrons. The Morgan fingerprint density at radius 2 is 2.18 bits per heavy atom. The third-order valence-corrected chi connectivity index (χ3v) is 4.14. The molecule has 0 saturated heterocycles. The number of carbonyl (C=O) groups is 1. The number of oxazole rings is 1. The van der Waals surface area contributed by atoms with Gasteiger partial charge in [0.15, 0.2) is 17.0 Å². The monoisotopic (exact) mass is 395 g/mol. The number of anilines is 1. The molecule has 3 heterocycles. The molecule has 0 unspecified atom stereocenters. The fourth-order valence-electron chi connectivity index (χ4n) is 2.63. The second-order valence-electron chi connectivity index (χ2n) is 5.72. The summed E-state index contributed by atoms with van der Waals surface area (Å²) in [5, 5.41) is 3.05. The molecular formula is C20H14ClN3O4. The van der Waals surface area contributed by atoms with Gasteiger partial charge in [-0.25, -0.2) is 4.98 Å². The molecule has 8 heteroatoms. The molecule has 0 fully saturated rings. The number of amides is 1. The maximum absolute atomic E-state index is 12.3. The lowest BCUT2D eigenvalue weighted by Crippen LogP contribution is -2.09. The van der Waals surface area contributed by atoms with Gasteiger partial charge in [-0.05, 0) is 42.5 Å². The lowest BCUT2D eigenvalue weighted by atomic mass is 10.1. The van der Waals surface area contributed by atoms with Gasteiger partial charge in [-0.15, -0.1) is 0 Å². The van der Waals surface area contributed by atoms with Crippen LogP contribution in [0.4, 0.5) is 5.69 Å². The SMILES string of the molecule is COc1c(Cl)cc(-c2nc3ncccc3o2)cc1NC(=O)/C=C/c1ccco1. The molecular weight excluding hydrogens is 382 g/mol. The first-order valence-corrected chi connectivity index (χ1v) is 8.64. The summed E-state index contributed by atoms with van der Waals surface area (Å²) in [5.74, 6) is 0.856. The first-order valence-electron chi connectivity index (χ1n) is 8.26. The second-order valence-corrected chi connectivity index (χ2v) is 6.13. The van der Waals surface area contributed by atoms with E-state index in [1.807, 2.05) is 0 Å². The van der Waals surface area contributed by atoms with E-state index < -0.39 is 0 Å². The van der Waals surface area contributed by atoms with Gasteiger partial charge in [0.1, 0.15) is 5.76 Å². The highest BCUT2D eigenvalue weighted by Gasteiger charge is 2.16. The number of hydrogen-bond donors (Lipinski definition) is 1. The van der Waals surface area contributed by atoms with E-state index in [-0.39, 0.29) is 5.91 Å². The molecule has 28 heavy (non-hydrogen) atoms. The molecule has 7 nitrogen and oxygen atoms in total. The highest BCUT2D eigenvalue weighted by atomic mass is 35.5. The molecule has 1 amide bonds. The number of rotatable bonds is 5. The van der Waals surface area contributed by atoms with Gasteiger partial charge in [-0.2, -0.15) is 4.98 Å². The molecule has 1 N–H and O–H groups in total. The second kappa shape index (κ2) is 7.58. The minimum absolute atomic E-state index is 0.306. The predicted octanol–water partition coefficient (Wildman–Crippen LogP) is 4.80. The Balaban J connectivity index is 1.66. The summed E-state index contributed by atoms with van der Waals surface area (Å²) >= 11 is 6.33. The minimum atomic E-state index is -0.373. The van der Waals surface area contributed by atoms with E-state index >= 15 is 0 Å². The van der Waals surface area contributed by atoms with Gasteiger partial charge in [-0.1, -0.05) is 11.6 Å². The van der Waals surface area contributed by atoms with Gasteiger partial charge in [-0.3, -0.25) is 4.79 Å². The van der Waals surface area contributed by atoms with E-state index in [9.17, 15) is 4.79 Å². The van der Waals surface area contributed by atoms with Gasteiger partial charge in [0.05, 0.1) is 24.1 Å². The van der Waals surface area contributed by atoms with Crippen LogP contribution in [0, 0.1) is 0 Å². The first-order chi connectivity index (χ1) is 13.6. The Kier molecular flexibility index (Phi) is 4.82. The number of methoxy groups -OCH3 is 1. The van der Waals surface area contributed by atoms with Crippen LogP contribution in [0.15, 0.2) is 63.8 Å². The van der Waals surface area contributed by atoms with Crippen molar-refractivity contribution in [2.75, 3.05) is 12.4 Å². The summed E-state index contributed by atoms with van der Waals surface area (Å²) in [4.78, 5) is 20.8. The van der Waals surface area contributed by atoms with E-state index in [1.54, 1.807) is 48.7 Å².